The minimum Gasteiger partial charge on any atom is -0.302 e. The van der Waals surface area contributed by atoms with Crippen LogP contribution in [-0.4, -0.2) is 12.2 Å². The van der Waals surface area contributed by atoms with Gasteiger partial charge in [0.2, 0.25) is 0 Å². The number of alkyl halides is 3. The molecular weight excluding hydrogens is 210 g/mol. The van der Waals surface area contributed by atoms with Gasteiger partial charge in [0.1, 0.15) is 11.9 Å². The molecule has 1 aliphatic rings. The van der Waals surface area contributed by atoms with Crippen LogP contribution in [0.4, 0.5) is 17.6 Å². The quantitative estimate of drug-likeness (QED) is 0.661. The van der Waals surface area contributed by atoms with Crippen molar-refractivity contribution in [2.45, 2.75) is 25.2 Å². The molecule has 0 spiro atoms. The first kappa shape index (κ1) is 10.4. The molecule has 0 radical (unpaired) electrons. The molecule has 1 N–H and O–H groups in total. The molecule has 1 aromatic carbocycles. The fraction of sp³-hybridized carbons (Fsp3) is 0.400. The number of hydrogen-bond acceptors (Lipinski definition) is 1. The Bertz CT molecular complexity index is 372. The minimum atomic E-state index is -4.24. The zero-order valence-electron chi connectivity index (χ0n) is 7.74. The summed E-state index contributed by atoms with van der Waals surface area (Å²) in [5, 5.41) is 2.35. The van der Waals surface area contributed by atoms with Gasteiger partial charge >= 0.3 is 6.18 Å². The lowest BCUT2D eigenvalue weighted by Gasteiger charge is -2.27. The summed E-state index contributed by atoms with van der Waals surface area (Å²) in [7, 11) is 0. The highest BCUT2D eigenvalue weighted by molar-refractivity contribution is 5.31. The van der Waals surface area contributed by atoms with Gasteiger partial charge < -0.3 is 5.32 Å². The number of nitrogens with one attached hydrogen (secondary N) is 1. The average Bonchev–Trinajstić information content (AvgIpc) is 2.15. The van der Waals surface area contributed by atoms with Gasteiger partial charge in [-0.25, -0.2) is 4.39 Å². The molecule has 0 amide bonds. The average molecular weight is 219 g/mol. The van der Waals surface area contributed by atoms with Crippen LogP contribution in [0.1, 0.15) is 11.1 Å². The predicted octanol–water partition coefficient (Wildman–Crippen LogP) is 2.40. The summed E-state index contributed by atoms with van der Waals surface area (Å²) in [4.78, 5) is 0. The van der Waals surface area contributed by atoms with E-state index < -0.39 is 18.0 Å². The highest BCUT2D eigenvalue weighted by Gasteiger charge is 2.41. The summed E-state index contributed by atoms with van der Waals surface area (Å²) in [5.41, 5.74) is 1.17. The van der Waals surface area contributed by atoms with Crippen molar-refractivity contribution in [2.24, 2.45) is 0 Å². The van der Waals surface area contributed by atoms with Crippen LogP contribution < -0.4 is 5.32 Å². The topological polar surface area (TPSA) is 12.0 Å². The summed E-state index contributed by atoms with van der Waals surface area (Å²) >= 11 is 0. The molecule has 0 bridgehead atoms. The first-order chi connectivity index (χ1) is 6.97. The smallest absolute Gasteiger partial charge is 0.302 e. The molecule has 1 heterocycles. The van der Waals surface area contributed by atoms with Crippen molar-refractivity contribution in [3.05, 3.63) is 35.1 Å². The second-order valence-corrected chi connectivity index (χ2v) is 3.59. The molecular formula is C10H9F4N. The third kappa shape index (κ3) is 2.12. The van der Waals surface area contributed by atoms with E-state index in [1.807, 2.05) is 0 Å². The van der Waals surface area contributed by atoms with Gasteiger partial charge in [-0.15, -0.1) is 0 Å². The van der Waals surface area contributed by atoms with E-state index in [2.05, 4.69) is 5.32 Å². The van der Waals surface area contributed by atoms with Gasteiger partial charge in [0, 0.05) is 6.54 Å². The monoisotopic (exact) mass is 219 g/mol. The molecule has 1 aromatic rings. The lowest BCUT2D eigenvalue weighted by Crippen LogP contribution is -2.46. The zero-order chi connectivity index (χ0) is 11.1. The van der Waals surface area contributed by atoms with Gasteiger partial charge in [0.05, 0.1) is 0 Å². The Balaban J connectivity index is 2.24. The minimum absolute atomic E-state index is 0.0667. The van der Waals surface area contributed by atoms with Gasteiger partial charge in [0.15, 0.2) is 0 Å². The predicted molar refractivity (Wildman–Crippen MR) is 46.8 cm³/mol. The van der Waals surface area contributed by atoms with Crippen LogP contribution in [0.5, 0.6) is 0 Å². The van der Waals surface area contributed by atoms with Crippen LogP contribution >= 0.6 is 0 Å². The van der Waals surface area contributed by atoms with Crippen LogP contribution in [0.15, 0.2) is 18.2 Å². The summed E-state index contributed by atoms with van der Waals surface area (Å²) in [6.45, 7) is 0.0667. The molecule has 2 rings (SSSR count). The van der Waals surface area contributed by atoms with Crippen molar-refractivity contribution < 1.29 is 17.6 Å². The molecule has 0 fully saturated rings. The van der Waals surface area contributed by atoms with E-state index in [1.54, 1.807) is 0 Å². The van der Waals surface area contributed by atoms with Crippen LogP contribution in [0, 0.1) is 5.82 Å². The Morgan fingerprint density at radius 1 is 1.20 bits per heavy atom. The van der Waals surface area contributed by atoms with Crippen molar-refractivity contribution in [3.63, 3.8) is 0 Å². The summed E-state index contributed by atoms with van der Waals surface area (Å²) in [6.07, 6.45) is -4.37. The molecule has 1 aliphatic heterocycles. The highest BCUT2D eigenvalue weighted by Crippen LogP contribution is 2.27. The van der Waals surface area contributed by atoms with Crippen molar-refractivity contribution in [1.82, 2.24) is 5.32 Å². The number of fused-ring (bicyclic) bond motifs is 1. The van der Waals surface area contributed by atoms with E-state index in [0.29, 0.717) is 11.1 Å². The van der Waals surface area contributed by atoms with E-state index in [9.17, 15) is 17.6 Å². The van der Waals surface area contributed by atoms with Crippen LogP contribution in [0.25, 0.3) is 0 Å². The van der Waals surface area contributed by atoms with Gasteiger partial charge in [-0.3, -0.25) is 0 Å². The van der Waals surface area contributed by atoms with Gasteiger partial charge in [-0.2, -0.15) is 13.2 Å². The standard InChI is InChI=1S/C10H9F4N/c11-8-2-1-6-4-9(10(12,13)14)15-5-7(6)3-8/h1-3,9,15H,4-5H2. The molecule has 0 saturated carbocycles. The van der Waals surface area contributed by atoms with Crippen LogP contribution in [0.2, 0.25) is 0 Å². The summed E-state index contributed by atoms with van der Waals surface area (Å²) < 4.78 is 49.9. The molecule has 1 atom stereocenters. The van der Waals surface area contributed by atoms with Gasteiger partial charge in [-0.05, 0) is 29.7 Å². The first-order valence-electron chi connectivity index (χ1n) is 4.54. The summed E-state index contributed by atoms with van der Waals surface area (Å²) in [5.74, 6) is -0.416. The van der Waals surface area contributed by atoms with E-state index in [4.69, 9.17) is 0 Å². The van der Waals surface area contributed by atoms with Gasteiger partial charge in [0.25, 0.3) is 0 Å². The number of benzene rings is 1. The maximum absolute atomic E-state index is 12.8. The summed E-state index contributed by atoms with van der Waals surface area (Å²) in [6, 6.07) is 2.37. The first-order valence-corrected chi connectivity index (χ1v) is 4.54. The molecule has 82 valence electrons. The Labute approximate surface area is 84.1 Å². The molecule has 0 aromatic heterocycles. The SMILES string of the molecule is Fc1ccc2c(c1)CNC(C(F)(F)F)C2. The number of rotatable bonds is 0. The highest BCUT2D eigenvalue weighted by atomic mass is 19.4. The zero-order valence-corrected chi connectivity index (χ0v) is 7.74. The maximum atomic E-state index is 12.8. The molecule has 0 saturated heterocycles. The Kier molecular flexibility index (Phi) is 2.42. The largest absolute Gasteiger partial charge is 0.404 e. The van der Waals surface area contributed by atoms with E-state index in [-0.39, 0.29) is 13.0 Å². The van der Waals surface area contributed by atoms with Crippen molar-refractivity contribution in [2.75, 3.05) is 0 Å². The van der Waals surface area contributed by atoms with Crippen LogP contribution in [-0.2, 0) is 13.0 Å². The van der Waals surface area contributed by atoms with E-state index in [1.165, 1.54) is 18.2 Å². The van der Waals surface area contributed by atoms with Crippen LogP contribution in [0.3, 0.4) is 0 Å². The third-order valence-electron chi connectivity index (χ3n) is 2.53. The molecule has 1 unspecified atom stereocenters. The van der Waals surface area contributed by atoms with Crippen molar-refractivity contribution in [1.29, 1.82) is 0 Å². The second kappa shape index (κ2) is 3.48. The number of halogens is 4. The second-order valence-electron chi connectivity index (χ2n) is 3.59. The Morgan fingerprint density at radius 3 is 2.60 bits per heavy atom. The molecule has 15 heavy (non-hydrogen) atoms. The maximum Gasteiger partial charge on any atom is 0.404 e. The van der Waals surface area contributed by atoms with Crippen molar-refractivity contribution in [3.8, 4) is 0 Å². The fourth-order valence-corrected chi connectivity index (χ4v) is 1.71. The molecule has 5 heteroatoms. The van der Waals surface area contributed by atoms with E-state index >= 15 is 0 Å². The van der Waals surface area contributed by atoms with Crippen molar-refractivity contribution >= 4 is 0 Å². The molecule has 0 aliphatic carbocycles. The number of hydrogen-bond donors (Lipinski definition) is 1. The normalized spacial score (nSPS) is 21.2. The molecule has 1 nitrogen and oxygen atoms in total. The Morgan fingerprint density at radius 2 is 1.93 bits per heavy atom. The lowest BCUT2D eigenvalue weighted by molar-refractivity contribution is -0.157. The Hall–Kier alpha value is -1.10. The third-order valence-corrected chi connectivity index (χ3v) is 2.53. The fourth-order valence-electron chi connectivity index (χ4n) is 1.71. The van der Waals surface area contributed by atoms with E-state index in [0.717, 1.165) is 0 Å². The lowest BCUT2D eigenvalue weighted by atomic mass is 9.95. The van der Waals surface area contributed by atoms with Gasteiger partial charge in [-0.1, -0.05) is 6.07 Å².